The van der Waals surface area contributed by atoms with Gasteiger partial charge in [-0.15, -0.1) is 6.58 Å². The second-order valence-electron chi connectivity index (χ2n) is 5.62. The highest BCUT2D eigenvalue weighted by atomic mass is 15.2. The molecule has 0 spiro atoms. The summed E-state index contributed by atoms with van der Waals surface area (Å²) in [5.41, 5.74) is 2.44. The second-order valence-corrected chi connectivity index (χ2v) is 5.62. The number of nitrogens with one attached hydrogen (secondary N) is 1. The molecule has 0 amide bonds. The number of hydrogen-bond acceptors (Lipinski definition) is 3. The quantitative estimate of drug-likeness (QED) is 0.763. The van der Waals surface area contributed by atoms with Gasteiger partial charge in [-0.25, -0.2) is 4.98 Å². The number of hydrogen-bond donors (Lipinski definition) is 1. The molecule has 0 aliphatic rings. The Morgan fingerprint density at radius 1 is 1.32 bits per heavy atom. The van der Waals surface area contributed by atoms with Gasteiger partial charge in [0, 0.05) is 31.9 Å². The molecule has 0 saturated carbocycles. The molecular weight excluding hydrogens is 234 g/mol. The summed E-state index contributed by atoms with van der Waals surface area (Å²) < 4.78 is 0. The van der Waals surface area contributed by atoms with Crippen molar-refractivity contribution in [3.63, 3.8) is 0 Å². The van der Waals surface area contributed by atoms with Crippen LogP contribution in [0.5, 0.6) is 0 Å². The maximum atomic E-state index is 4.73. The molecule has 1 aromatic rings. The first-order chi connectivity index (χ1) is 8.93. The summed E-state index contributed by atoms with van der Waals surface area (Å²) in [7, 11) is 2.05. The van der Waals surface area contributed by atoms with Crippen molar-refractivity contribution in [2.75, 3.05) is 18.5 Å². The standard InChI is InChI=1S/C16H27N3/c1-7-8-19(6)16-10-14(11-17-13(4)5)9-15(18-16)12(2)3/h7,9-10,12-13,17H,1,8,11H2,2-6H3. The number of likely N-dealkylation sites (N-methyl/N-ethyl adjacent to an activating group) is 1. The Balaban J connectivity index is 2.99. The van der Waals surface area contributed by atoms with Gasteiger partial charge in [0.1, 0.15) is 5.82 Å². The van der Waals surface area contributed by atoms with Gasteiger partial charge in [0.05, 0.1) is 0 Å². The summed E-state index contributed by atoms with van der Waals surface area (Å²) in [6, 6.07) is 4.85. The van der Waals surface area contributed by atoms with Gasteiger partial charge in [-0.05, 0) is 23.6 Å². The van der Waals surface area contributed by atoms with E-state index in [2.05, 4.69) is 56.6 Å². The van der Waals surface area contributed by atoms with Crippen LogP contribution in [0.4, 0.5) is 5.82 Å². The Labute approximate surface area is 117 Å². The first-order valence-electron chi connectivity index (χ1n) is 7.00. The van der Waals surface area contributed by atoms with E-state index in [1.165, 1.54) is 5.56 Å². The summed E-state index contributed by atoms with van der Waals surface area (Å²) >= 11 is 0. The molecule has 3 nitrogen and oxygen atoms in total. The maximum absolute atomic E-state index is 4.73. The maximum Gasteiger partial charge on any atom is 0.129 e. The van der Waals surface area contributed by atoms with E-state index < -0.39 is 0 Å². The van der Waals surface area contributed by atoms with E-state index in [0.717, 1.165) is 24.6 Å². The SMILES string of the molecule is C=CCN(C)c1cc(CNC(C)C)cc(C(C)C)n1. The molecule has 106 valence electrons. The molecule has 0 atom stereocenters. The van der Waals surface area contributed by atoms with Crippen molar-refractivity contribution in [3.8, 4) is 0 Å². The molecule has 1 aromatic heterocycles. The lowest BCUT2D eigenvalue weighted by Crippen LogP contribution is -2.23. The highest BCUT2D eigenvalue weighted by molar-refractivity contribution is 5.43. The number of rotatable bonds is 7. The minimum absolute atomic E-state index is 0.440. The van der Waals surface area contributed by atoms with Gasteiger partial charge in [-0.3, -0.25) is 0 Å². The zero-order valence-electron chi connectivity index (χ0n) is 12.9. The van der Waals surface area contributed by atoms with Crippen LogP contribution in [-0.2, 0) is 6.54 Å². The smallest absolute Gasteiger partial charge is 0.129 e. The van der Waals surface area contributed by atoms with Crippen molar-refractivity contribution in [3.05, 3.63) is 36.0 Å². The van der Waals surface area contributed by atoms with E-state index in [-0.39, 0.29) is 0 Å². The normalized spacial score (nSPS) is 11.1. The van der Waals surface area contributed by atoms with E-state index in [1.54, 1.807) is 0 Å². The van der Waals surface area contributed by atoms with Gasteiger partial charge in [0.2, 0.25) is 0 Å². The molecule has 1 heterocycles. The fraction of sp³-hybridized carbons (Fsp3) is 0.562. The highest BCUT2D eigenvalue weighted by Crippen LogP contribution is 2.19. The molecule has 0 aliphatic carbocycles. The van der Waals surface area contributed by atoms with Gasteiger partial charge in [0.15, 0.2) is 0 Å². The lowest BCUT2D eigenvalue weighted by molar-refractivity contribution is 0.587. The molecule has 3 heteroatoms. The fourth-order valence-electron chi connectivity index (χ4n) is 1.80. The summed E-state index contributed by atoms with van der Waals surface area (Å²) in [4.78, 5) is 6.85. The van der Waals surface area contributed by atoms with Crippen LogP contribution in [0.25, 0.3) is 0 Å². The van der Waals surface area contributed by atoms with Gasteiger partial charge in [-0.1, -0.05) is 33.8 Å². The summed E-state index contributed by atoms with van der Waals surface area (Å²) in [5, 5.41) is 3.46. The molecular formula is C16H27N3. The van der Waals surface area contributed by atoms with Crippen molar-refractivity contribution < 1.29 is 0 Å². The lowest BCUT2D eigenvalue weighted by Gasteiger charge is -2.20. The number of nitrogens with zero attached hydrogens (tertiary/aromatic N) is 2. The average Bonchev–Trinajstić information content (AvgIpc) is 2.36. The summed E-state index contributed by atoms with van der Waals surface area (Å²) in [6.07, 6.45) is 1.90. The zero-order valence-corrected chi connectivity index (χ0v) is 12.9. The van der Waals surface area contributed by atoms with Crippen LogP contribution in [0.3, 0.4) is 0 Å². The van der Waals surface area contributed by atoms with E-state index in [1.807, 2.05) is 13.1 Å². The van der Waals surface area contributed by atoms with E-state index in [0.29, 0.717) is 12.0 Å². The molecule has 0 bridgehead atoms. The van der Waals surface area contributed by atoms with Crippen LogP contribution in [0.2, 0.25) is 0 Å². The third-order valence-corrected chi connectivity index (χ3v) is 2.99. The monoisotopic (exact) mass is 261 g/mol. The molecule has 1 N–H and O–H groups in total. The van der Waals surface area contributed by atoms with Crippen LogP contribution >= 0.6 is 0 Å². The van der Waals surface area contributed by atoms with Crippen molar-refractivity contribution in [2.45, 2.75) is 46.2 Å². The Bertz CT molecular complexity index is 410. The first-order valence-corrected chi connectivity index (χ1v) is 7.00. The molecule has 0 unspecified atom stereocenters. The highest BCUT2D eigenvalue weighted by Gasteiger charge is 2.09. The summed E-state index contributed by atoms with van der Waals surface area (Å²) in [5.74, 6) is 1.46. The van der Waals surface area contributed by atoms with E-state index in [4.69, 9.17) is 4.98 Å². The minimum Gasteiger partial charge on any atom is -0.356 e. The van der Waals surface area contributed by atoms with Crippen LogP contribution in [0.15, 0.2) is 24.8 Å². The number of anilines is 1. The Morgan fingerprint density at radius 2 is 2.00 bits per heavy atom. The van der Waals surface area contributed by atoms with Crippen LogP contribution in [0, 0.1) is 0 Å². The Kier molecular flexibility index (Phi) is 6.03. The average molecular weight is 261 g/mol. The van der Waals surface area contributed by atoms with Crippen molar-refractivity contribution >= 4 is 5.82 Å². The fourth-order valence-corrected chi connectivity index (χ4v) is 1.80. The predicted molar refractivity (Wildman–Crippen MR) is 83.8 cm³/mol. The Morgan fingerprint density at radius 3 is 2.53 bits per heavy atom. The first kappa shape index (κ1) is 15.7. The lowest BCUT2D eigenvalue weighted by atomic mass is 10.1. The topological polar surface area (TPSA) is 28.2 Å². The third kappa shape index (κ3) is 5.03. The number of aromatic nitrogens is 1. The molecule has 19 heavy (non-hydrogen) atoms. The van der Waals surface area contributed by atoms with Crippen molar-refractivity contribution in [1.29, 1.82) is 0 Å². The van der Waals surface area contributed by atoms with Gasteiger partial charge >= 0.3 is 0 Å². The molecule has 0 fully saturated rings. The van der Waals surface area contributed by atoms with Crippen LogP contribution in [0.1, 0.15) is 44.9 Å². The molecule has 1 rings (SSSR count). The molecule has 0 aliphatic heterocycles. The van der Waals surface area contributed by atoms with E-state index >= 15 is 0 Å². The third-order valence-electron chi connectivity index (χ3n) is 2.99. The van der Waals surface area contributed by atoms with E-state index in [9.17, 15) is 0 Å². The van der Waals surface area contributed by atoms with Crippen LogP contribution in [-0.4, -0.2) is 24.6 Å². The Hall–Kier alpha value is -1.35. The van der Waals surface area contributed by atoms with Crippen LogP contribution < -0.4 is 10.2 Å². The second kappa shape index (κ2) is 7.29. The largest absolute Gasteiger partial charge is 0.356 e. The van der Waals surface area contributed by atoms with Gasteiger partial charge in [0.25, 0.3) is 0 Å². The van der Waals surface area contributed by atoms with Crippen molar-refractivity contribution in [2.24, 2.45) is 0 Å². The number of pyridine rings is 1. The minimum atomic E-state index is 0.440. The zero-order chi connectivity index (χ0) is 14.4. The molecule has 0 radical (unpaired) electrons. The molecule has 0 saturated heterocycles. The predicted octanol–water partition coefficient (Wildman–Crippen LogP) is 3.33. The van der Waals surface area contributed by atoms with Crippen molar-refractivity contribution in [1.82, 2.24) is 10.3 Å². The van der Waals surface area contributed by atoms with Gasteiger partial charge < -0.3 is 10.2 Å². The molecule has 0 aromatic carbocycles. The van der Waals surface area contributed by atoms with Gasteiger partial charge in [-0.2, -0.15) is 0 Å². The summed E-state index contributed by atoms with van der Waals surface area (Å²) in [6.45, 7) is 14.2.